The Bertz CT molecular complexity index is 682. The van der Waals surface area contributed by atoms with Crippen LogP contribution in [-0.4, -0.2) is 30.8 Å². The van der Waals surface area contributed by atoms with Crippen LogP contribution in [0.3, 0.4) is 0 Å². The Balaban J connectivity index is 1.88. The molecular weight excluding hydrogens is 290 g/mol. The van der Waals surface area contributed by atoms with Crippen molar-refractivity contribution in [2.24, 2.45) is 0 Å². The molecule has 3 rings (SSSR count). The lowest BCUT2D eigenvalue weighted by molar-refractivity contribution is 0.0843. The molecule has 1 N–H and O–H groups in total. The van der Waals surface area contributed by atoms with Gasteiger partial charge in [-0.05, 0) is 24.6 Å². The minimum absolute atomic E-state index is 0.575. The number of hydrogen-bond acceptors (Lipinski definition) is 4. The van der Waals surface area contributed by atoms with Crippen molar-refractivity contribution in [1.29, 1.82) is 0 Å². The van der Waals surface area contributed by atoms with Gasteiger partial charge < -0.3 is 14.6 Å². The monoisotopic (exact) mass is 313 g/mol. The first-order valence-corrected chi connectivity index (χ1v) is 7.82. The number of rotatable bonds is 4. The van der Waals surface area contributed by atoms with Crippen LogP contribution < -0.4 is 9.47 Å². The highest BCUT2D eigenvalue weighted by molar-refractivity contribution is 5.51. The minimum atomic E-state index is -0.575. The summed E-state index contributed by atoms with van der Waals surface area (Å²) in [5.74, 6) is 1.52. The van der Waals surface area contributed by atoms with E-state index in [0.717, 1.165) is 35.7 Å². The van der Waals surface area contributed by atoms with Crippen molar-refractivity contribution in [1.82, 2.24) is 4.90 Å². The zero-order valence-electron chi connectivity index (χ0n) is 13.9. The van der Waals surface area contributed by atoms with Crippen molar-refractivity contribution < 1.29 is 14.6 Å². The van der Waals surface area contributed by atoms with Crippen molar-refractivity contribution in [2.45, 2.75) is 26.1 Å². The number of ether oxygens (including phenoxy) is 2. The molecule has 2 aromatic rings. The van der Waals surface area contributed by atoms with Crippen LogP contribution in [0.2, 0.25) is 0 Å². The lowest BCUT2D eigenvalue weighted by atomic mass is 9.95. The largest absolute Gasteiger partial charge is 0.496 e. The molecule has 4 nitrogen and oxygen atoms in total. The van der Waals surface area contributed by atoms with Crippen LogP contribution in [0.15, 0.2) is 36.4 Å². The van der Waals surface area contributed by atoms with Crippen LogP contribution in [0.25, 0.3) is 0 Å². The maximum atomic E-state index is 10.6. The van der Waals surface area contributed by atoms with Crippen LogP contribution in [-0.2, 0) is 13.1 Å². The van der Waals surface area contributed by atoms with E-state index in [1.54, 1.807) is 14.2 Å². The van der Waals surface area contributed by atoms with Crippen molar-refractivity contribution >= 4 is 0 Å². The van der Waals surface area contributed by atoms with Crippen LogP contribution in [0.4, 0.5) is 0 Å². The van der Waals surface area contributed by atoms with E-state index in [-0.39, 0.29) is 0 Å². The van der Waals surface area contributed by atoms with Crippen LogP contribution in [0.5, 0.6) is 11.5 Å². The minimum Gasteiger partial charge on any atom is -0.496 e. The second-order valence-electron chi connectivity index (χ2n) is 6.03. The summed E-state index contributed by atoms with van der Waals surface area (Å²) >= 11 is 0. The average Bonchev–Trinajstić information content (AvgIpc) is 2.56. The first kappa shape index (κ1) is 15.8. The van der Waals surface area contributed by atoms with E-state index in [4.69, 9.17) is 9.47 Å². The SMILES string of the molecule is COc1ccc(OC)c2c1CN(Cc1ccc(C)cc1)CC2O. The van der Waals surface area contributed by atoms with Gasteiger partial charge in [-0.25, -0.2) is 0 Å². The van der Waals surface area contributed by atoms with E-state index < -0.39 is 6.10 Å². The molecule has 1 atom stereocenters. The van der Waals surface area contributed by atoms with Crippen LogP contribution in [0.1, 0.15) is 28.4 Å². The maximum Gasteiger partial charge on any atom is 0.125 e. The molecule has 0 amide bonds. The fourth-order valence-corrected chi connectivity index (χ4v) is 3.22. The van der Waals surface area contributed by atoms with E-state index in [1.807, 2.05) is 12.1 Å². The third-order valence-electron chi connectivity index (χ3n) is 4.39. The molecule has 0 radical (unpaired) electrons. The molecule has 23 heavy (non-hydrogen) atoms. The second-order valence-corrected chi connectivity index (χ2v) is 6.03. The lowest BCUT2D eigenvalue weighted by Crippen LogP contribution is -2.33. The summed E-state index contributed by atoms with van der Waals surface area (Å²) in [4.78, 5) is 2.24. The summed E-state index contributed by atoms with van der Waals surface area (Å²) in [6.45, 7) is 4.21. The number of methoxy groups -OCH3 is 2. The van der Waals surface area contributed by atoms with Gasteiger partial charge in [0.15, 0.2) is 0 Å². The normalized spacial score (nSPS) is 17.7. The molecule has 1 aliphatic rings. The van der Waals surface area contributed by atoms with Gasteiger partial charge in [-0.3, -0.25) is 4.90 Å². The molecule has 4 heteroatoms. The van der Waals surface area contributed by atoms with E-state index in [1.165, 1.54) is 11.1 Å². The van der Waals surface area contributed by atoms with Crippen molar-refractivity contribution in [3.63, 3.8) is 0 Å². The third kappa shape index (κ3) is 3.19. The average molecular weight is 313 g/mol. The predicted octanol–water partition coefficient (Wildman–Crippen LogP) is 3.06. The molecular formula is C19H23NO3. The number of aliphatic hydroxyl groups excluding tert-OH is 1. The number of fused-ring (bicyclic) bond motifs is 1. The Labute approximate surface area is 137 Å². The van der Waals surface area contributed by atoms with E-state index in [9.17, 15) is 5.11 Å². The molecule has 1 unspecified atom stereocenters. The smallest absolute Gasteiger partial charge is 0.125 e. The van der Waals surface area contributed by atoms with Gasteiger partial charge >= 0.3 is 0 Å². The van der Waals surface area contributed by atoms with Crippen LogP contribution >= 0.6 is 0 Å². The number of hydrogen-bond donors (Lipinski definition) is 1. The molecule has 1 aliphatic heterocycles. The number of nitrogens with zero attached hydrogens (tertiary/aromatic N) is 1. The molecule has 122 valence electrons. The Morgan fingerprint density at radius 2 is 1.70 bits per heavy atom. The molecule has 0 fully saturated rings. The number of aliphatic hydroxyl groups is 1. The van der Waals surface area contributed by atoms with Gasteiger partial charge in [-0.2, -0.15) is 0 Å². The van der Waals surface area contributed by atoms with Gasteiger partial charge in [-0.1, -0.05) is 29.8 Å². The zero-order valence-corrected chi connectivity index (χ0v) is 13.9. The molecule has 0 aliphatic carbocycles. The predicted molar refractivity (Wildman–Crippen MR) is 89.8 cm³/mol. The Morgan fingerprint density at radius 1 is 1.04 bits per heavy atom. The fourth-order valence-electron chi connectivity index (χ4n) is 3.22. The first-order chi connectivity index (χ1) is 11.1. The third-order valence-corrected chi connectivity index (χ3v) is 4.39. The van der Waals surface area contributed by atoms with E-state index >= 15 is 0 Å². The molecule has 0 aromatic heterocycles. The van der Waals surface area contributed by atoms with Crippen molar-refractivity contribution in [2.75, 3.05) is 20.8 Å². The highest BCUT2D eigenvalue weighted by Crippen LogP contribution is 2.39. The van der Waals surface area contributed by atoms with Crippen molar-refractivity contribution in [3.8, 4) is 11.5 Å². The zero-order chi connectivity index (χ0) is 16.4. The first-order valence-electron chi connectivity index (χ1n) is 7.82. The van der Waals surface area contributed by atoms with Crippen molar-refractivity contribution in [3.05, 3.63) is 58.7 Å². The molecule has 0 saturated carbocycles. The van der Waals surface area contributed by atoms with Gasteiger partial charge in [0.2, 0.25) is 0 Å². The highest BCUT2D eigenvalue weighted by atomic mass is 16.5. The summed E-state index contributed by atoms with van der Waals surface area (Å²) in [5.41, 5.74) is 4.36. The van der Waals surface area contributed by atoms with Crippen LogP contribution in [0, 0.1) is 6.92 Å². The quantitative estimate of drug-likeness (QED) is 0.942. The Hall–Kier alpha value is -2.04. The standard InChI is InChI=1S/C19H23NO3/c1-13-4-6-14(7-5-13)10-20-11-15-17(22-2)8-9-18(23-3)19(15)16(21)12-20/h4-9,16,21H,10-12H2,1-3H3. The molecule has 2 aromatic carbocycles. The second kappa shape index (κ2) is 6.60. The highest BCUT2D eigenvalue weighted by Gasteiger charge is 2.29. The number of benzene rings is 2. The summed E-state index contributed by atoms with van der Waals surface area (Å²) in [6.07, 6.45) is -0.575. The Kier molecular flexibility index (Phi) is 4.55. The number of β-amino-alcohol motifs (C(OH)–C–C–N with tert-alkyl or cyclic N) is 1. The van der Waals surface area contributed by atoms with Gasteiger partial charge in [0.25, 0.3) is 0 Å². The van der Waals surface area contributed by atoms with Gasteiger partial charge in [0, 0.05) is 30.8 Å². The maximum absolute atomic E-state index is 10.6. The van der Waals surface area contributed by atoms with E-state index in [2.05, 4.69) is 36.1 Å². The van der Waals surface area contributed by atoms with Gasteiger partial charge in [-0.15, -0.1) is 0 Å². The molecule has 0 bridgehead atoms. The molecule has 0 spiro atoms. The van der Waals surface area contributed by atoms with E-state index in [0.29, 0.717) is 6.54 Å². The summed E-state index contributed by atoms with van der Waals surface area (Å²) < 4.78 is 10.9. The fraction of sp³-hybridized carbons (Fsp3) is 0.368. The number of aryl methyl sites for hydroxylation is 1. The molecule has 0 saturated heterocycles. The topological polar surface area (TPSA) is 41.9 Å². The molecule has 1 heterocycles. The lowest BCUT2D eigenvalue weighted by Gasteiger charge is -2.34. The summed E-state index contributed by atoms with van der Waals surface area (Å²) in [7, 11) is 3.29. The summed E-state index contributed by atoms with van der Waals surface area (Å²) in [5, 5.41) is 10.6. The summed E-state index contributed by atoms with van der Waals surface area (Å²) in [6, 6.07) is 12.3. The van der Waals surface area contributed by atoms with Gasteiger partial charge in [0.05, 0.1) is 20.3 Å². The van der Waals surface area contributed by atoms with Gasteiger partial charge in [0.1, 0.15) is 11.5 Å². The Morgan fingerprint density at radius 3 is 2.35 bits per heavy atom.